The molecule has 5 nitrogen and oxygen atoms in total. The summed E-state index contributed by atoms with van der Waals surface area (Å²) >= 11 is 0. The molecule has 0 aromatic heterocycles. The van der Waals surface area contributed by atoms with Crippen LogP contribution in [0.5, 0.6) is 0 Å². The normalized spacial score (nSPS) is 27.4. The summed E-state index contributed by atoms with van der Waals surface area (Å²) in [4.78, 5) is 2.26. The highest BCUT2D eigenvalue weighted by Crippen LogP contribution is 2.33. The molecule has 6 heteroatoms. The summed E-state index contributed by atoms with van der Waals surface area (Å²) in [6.07, 6.45) is 1.00. The monoisotopic (exact) mass is 338 g/mol. The van der Waals surface area contributed by atoms with Gasteiger partial charge in [0, 0.05) is 25.0 Å². The van der Waals surface area contributed by atoms with Crippen molar-refractivity contribution in [2.24, 2.45) is 5.41 Å². The van der Waals surface area contributed by atoms with Gasteiger partial charge < -0.3 is 9.64 Å². The number of rotatable bonds is 3. The minimum Gasteiger partial charge on any atom is -0.379 e. The van der Waals surface area contributed by atoms with Crippen molar-refractivity contribution in [3.63, 3.8) is 0 Å². The molecule has 0 bridgehead atoms. The van der Waals surface area contributed by atoms with Crippen molar-refractivity contribution in [2.45, 2.75) is 19.1 Å². The molecular weight excluding hydrogens is 312 g/mol. The van der Waals surface area contributed by atoms with Crippen LogP contribution < -0.4 is 0 Å². The van der Waals surface area contributed by atoms with E-state index < -0.39 is 10.0 Å². The van der Waals surface area contributed by atoms with Crippen molar-refractivity contribution in [3.05, 3.63) is 35.4 Å². The Balaban J connectivity index is 1.76. The van der Waals surface area contributed by atoms with E-state index in [1.54, 1.807) is 4.31 Å². The van der Waals surface area contributed by atoms with Crippen LogP contribution in [0, 0.1) is 12.3 Å². The zero-order valence-corrected chi connectivity index (χ0v) is 14.8. The fourth-order valence-electron chi connectivity index (χ4n) is 3.58. The number of aryl methyl sites for hydroxylation is 1. The number of likely N-dealkylation sites (tertiary alicyclic amines) is 1. The number of benzene rings is 1. The third-order valence-corrected chi connectivity index (χ3v) is 6.69. The van der Waals surface area contributed by atoms with Gasteiger partial charge in [-0.15, -0.1) is 0 Å². The van der Waals surface area contributed by atoms with Crippen molar-refractivity contribution < 1.29 is 13.2 Å². The van der Waals surface area contributed by atoms with Crippen LogP contribution in [0.1, 0.15) is 17.5 Å². The first-order chi connectivity index (χ1) is 10.9. The molecule has 2 saturated heterocycles. The minimum atomic E-state index is -3.32. The van der Waals surface area contributed by atoms with E-state index in [9.17, 15) is 8.42 Å². The van der Waals surface area contributed by atoms with E-state index in [2.05, 4.69) is 11.9 Å². The van der Waals surface area contributed by atoms with E-state index >= 15 is 0 Å². The van der Waals surface area contributed by atoms with Crippen LogP contribution >= 0.6 is 0 Å². The topological polar surface area (TPSA) is 49.9 Å². The van der Waals surface area contributed by atoms with Gasteiger partial charge >= 0.3 is 0 Å². The summed E-state index contributed by atoms with van der Waals surface area (Å²) in [5, 5.41) is 0. The Bertz CT molecular complexity index is 644. The quantitative estimate of drug-likeness (QED) is 0.838. The molecule has 3 rings (SSSR count). The standard InChI is InChI=1S/C17H26N2O3S/c1-15-3-5-16(6-4-15)11-23(20,21)19-9-10-22-14-17(13-19)7-8-18(2)12-17/h3-6H,7-14H2,1-2H3/t17-/m0/s1. The zero-order chi connectivity index (χ0) is 16.5. The fourth-order valence-corrected chi connectivity index (χ4v) is 5.20. The Hall–Kier alpha value is -0.950. The van der Waals surface area contributed by atoms with Gasteiger partial charge in [0.2, 0.25) is 10.0 Å². The molecule has 2 aliphatic rings. The van der Waals surface area contributed by atoms with Gasteiger partial charge in [0.15, 0.2) is 0 Å². The van der Waals surface area contributed by atoms with Crippen molar-refractivity contribution in [2.75, 3.05) is 46.4 Å². The lowest BCUT2D eigenvalue weighted by Gasteiger charge is -2.31. The van der Waals surface area contributed by atoms with Gasteiger partial charge in [0.25, 0.3) is 0 Å². The summed E-state index contributed by atoms with van der Waals surface area (Å²) in [5.74, 6) is 0.0687. The molecule has 1 aromatic carbocycles. The van der Waals surface area contributed by atoms with Crippen LogP contribution in [-0.2, 0) is 20.5 Å². The number of ether oxygens (including phenoxy) is 1. The molecular formula is C17H26N2O3S. The summed E-state index contributed by atoms with van der Waals surface area (Å²) in [6, 6.07) is 7.73. The maximum absolute atomic E-state index is 12.9. The molecule has 0 unspecified atom stereocenters. The highest BCUT2D eigenvalue weighted by atomic mass is 32.2. The molecule has 23 heavy (non-hydrogen) atoms. The average molecular weight is 338 g/mol. The Labute approximate surface area is 139 Å². The summed E-state index contributed by atoms with van der Waals surface area (Å²) < 4.78 is 33.1. The van der Waals surface area contributed by atoms with Gasteiger partial charge in [-0.2, -0.15) is 4.31 Å². The maximum Gasteiger partial charge on any atom is 0.218 e. The smallest absolute Gasteiger partial charge is 0.218 e. The molecule has 0 radical (unpaired) electrons. The lowest BCUT2D eigenvalue weighted by Crippen LogP contribution is -2.43. The predicted molar refractivity (Wildman–Crippen MR) is 90.7 cm³/mol. The number of sulfonamides is 1. The highest BCUT2D eigenvalue weighted by Gasteiger charge is 2.42. The first kappa shape index (κ1) is 16.9. The second-order valence-corrected chi connectivity index (χ2v) is 9.08. The van der Waals surface area contributed by atoms with Crippen molar-refractivity contribution in [1.29, 1.82) is 0 Å². The second kappa shape index (κ2) is 6.51. The van der Waals surface area contributed by atoms with Crippen molar-refractivity contribution in [1.82, 2.24) is 9.21 Å². The number of nitrogens with zero attached hydrogens (tertiary/aromatic N) is 2. The van der Waals surface area contributed by atoms with Gasteiger partial charge in [-0.05, 0) is 32.5 Å². The average Bonchev–Trinajstić information content (AvgIpc) is 2.72. The molecule has 2 aliphatic heterocycles. The van der Waals surface area contributed by atoms with Crippen molar-refractivity contribution in [3.8, 4) is 0 Å². The van der Waals surface area contributed by atoms with E-state index in [0.29, 0.717) is 26.3 Å². The molecule has 2 heterocycles. The molecule has 0 aliphatic carbocycles. The first-order valence-corrected chi connectivity index (χ1v) is 9.79. The van der Waals surface area contributed by atoms with Crippen LogP contribution in [-0.4, -0.2) is 64.1 Å². The zero-order valence-electron chi connectivity index (χ0n) is 14.0. The van der Waals surface area contributed by atoms with E-state index in [4.69, 9.17) is 4.74 Å². The Morgan fingerprint density at radius 3 is 2.57 bits per heavy atom. The SMILES string of the molecule is Cc1ccc(CS(=O)(=O)N2CCOC[C@]3(CCN(C)C3)C2)cc1. The van der Waals surface area contributed by atoms with Gasteiger partial charge in [-0.25, -0.2) is 8.42 Å². The molecule has 1 atom stereocenters. The largest absolute Gasteiger partial charge is 0.379 e. The van der Waals surface area contributed by atoms with Gasteiger partial charge in [0.05, 0.1) is 19.0 Å². The van der Waals surface area contributed by atoms with Gasteiger partial charge in [0.1, 0.15) is 0 Å². The summed E-state index contributed by atoms with van der Waals surface area (Å²) in [7, 11) is -1.23. The Morgan fingerprint density at radius 1 is 1.17 bits per heavy atom. The molecule has 128 valence electrons. The van der Waals surface area contributed by atoms with Crippen LogP contribution in [0.4, 0.5) is 0 Å². The van der Waals surface area contributed by atoms with E-state index in [1.807, 2.05) is 31.2 Å². The second-order valence-electron chi connectivity index (χ2n) is 7.12. The van der Waals surface area contributed by atoms with Gasteiger partial charge in [-0.3, -0.25) is 0 Å². The molecule has 1 aromatic rings. The highest BCUT2D eigenvalue weighted by molar-refractivity contribution is 7.88. The van der Waals surface area contributed by atoms with E-state index in [1.165, 1.54) is 0 Å². The van der Waals surface area contributed by atoms with Gasteiger partial charge in [-0.1, -0.05) is 29.8 Å². The third kappa shape index (κ3) is 3.94. The first-order valence-electron chi connectivity index (χ1n) is 8.18. The molecule has 0 saturated carbocycles. The molecule has 1 spiro atoms. The number of hydrogen-bond acceptors (Lipinski definition) is 4. The molecule has 0 N–H and O–H groups in total. The Morgan fingerprint density at radius 2 is 1.91 bits per heavy atom. The third-order valence-electron chi connectivity index (χ3n) is 4.90. The predicted octanol–water partition coefficient (Wildman–Crippen LogP) is 1.48. The number of hydrogen-bond donors (Lipinski definition) is 0. The molecule has 2 fully saturated rings. The van der Waals surface area contributed by atoms with Crippen LogP contribution in [0.15, 0.2) is 24.3 Å². The lowest BCUT2D eigenvalue weighted by molar-refractivity contribution is 0.0743. The summed E-state index contributed by atoms with van der Waals surface area (Å²) in [6.45, 7) is 6.10. The summed E-state index contributed by atoms with van der Waals surface area (Å²) in [5.41, 5.74) is 1.94. The van der Waals surface area contributed by atoms with E-state index in [0.717, 1.165) is 30.6 Å². The Kier molecular flexibility index (Phi) is 4.78. The maximum atomic E-state index is 12.9. The van der Waals surface area contributed by atoms with E-state index in [-0.39, 0.29) is 11.2 Å². The fraction of sp³-hybridized carbons (Fsp3) is 0.647. The van der Waals surface area contributed by atoms with Crippen LogP contribution in [0.2, 0.25) is 0 Å². The molecule has 0 amide bonds. The van der Waals surface area contributed by atoms with Crippen LogP contribution in [0.25, 0.3) is 0 Å². The van der Waals surface area contributed by atoms with Crippen LogP contribution in [0.3, 0.4) is 0 Å². The minimum absolute atomic E-state index is 0.0500. The lowest BCUT2D eigenvalue weighted by atomic mass is 9.88. The van der Waals surface area contributed by atoms with Crippen molar-refractivity contribution >= 4 is 10.0 Å².